The maximum atomic E-state index is 12.1. The lowest BCUT2D eigenvalue weighted by Crippen LogP contribution is -2.47. The SMILES string of the molecule is CC(C)(C)NC(=O)CN1CCC(CN=C(N)Nc2cccc3c2CCCC3)CC1. The molecule has 1 aromatic rings. The van der Waals surface area contributed by atoms with Gasteiger partial charge in [0.05, 0.1) is 6.54 Å². The molecule has 0 spiro atoms. The summed E-state index contributed by atoms with van der Waals surface area (Å²) in [5.74, 6) is 1.14. The molecule has 1 aliphatic heterocycles. The summed E-state index contributed by atoms with van der Waals surface area (Å²) < 4.78 is 0. The summed E-state index contributed by atoms with van der Waals surface area (Å²) in [5, 5.41) is 6.37. The molecule has 3 rings (SSSR count). The Labute approximate surface area is 175 Å². The fraction of sp³-hybridized carbons (Fsp3) is 0.652. The Hall–Kier alpha value is -2.08. The molecule has 4 N–H and O–H groups in total. The van der Waals surface area contributed by atoms with E-state index in [9.17, 15) is 4.79 Å². The van der Waals surface area contributed by atoms with E-state index in [4.69, 9.17) is 5.73 Å². The standard InChI is InChI=1S/C23H37N5O/c1-23(2,3)27-21(29)16-28-13-11-17(12-14-28)15-25-22(24)26-20-10-6-8-18-7-4-5-9-19(18)20/h6,8,10,17H,4-5,7,9,11-16H2,1-3H3,(H,27,29)(H3,24,25,26). The number of guanidine groups is 1. The highest BCUT2D eigenvalue weighted by atomic mass is 16.2. The monoisotopic (exact) mass is 399 g/mol. The molecule has 6 heteroatoms. The molecule has 1 aliphatic carbocycles. The fourth-order valence-electron chi connectivity index (χ4n) is 4.29. The zero-order chi connectivity index (χ0) is 20.9. The van der Waals surface area contributed by atoms with E-state index in [-0.39, 0.29) is 11.4 Å². The van der Waals surface area contributed by atoms with Gasteiger partial charge in [0.2, 0.25) is 5.91 Å². The lowest BCUT2D eigenvalue weighted by molar-refractivity contribution is -0.124. The molecule has 1 fully saturated rings. The molecule has 29 heavy (non-hydrogen) atoms. The van der Waals surface area contributed by atoms with Crippen LogP contribution in [0.15, 0.2) is 23.2 Å². The van der Waals surface area contributed by atoms with Crippen molar-refractivity contribution in [1.82, 2.24) is 10.2 Å². The molecule has 0 saturated carbocycles. The Morgan fingerprint density at radius 1 is 1.21 bits per heavy atom. The molecule has 1 amide bonds. The summed E-state index contributed by atoms with van der Waals surface area (Å²) >= 11 is 0. The zero-order valence-corrected chi connectivity index (χ0v) is 18.3. The summed E-state index contributed by atoms with van der Waals surface area (Å²) in [6, 6.07) is 6.43. The summed E-state index contributed by atoms with van der Waals surface area (Å²) in [7, 11) is 0. The van der Waals surface area contributed by atoms with Gasteiger partial charge in [0.15, 0.2) is 5.96 Å². The number of likely N-dealkylation sites (tertiary alicyclic amines) is 1. The number of carbonyl (C=O) groups excluding carboxylic acids is 1. The van der Waals surface area contributed by atoms with Gasteiger partial charge in [0, 0.05) is 17.8 Å². The largest absolute Gasteiger partial charge is 0.370 e. The van der Waals surface area contributed by atoms with Crippen molar-refractivity contribution in [3.63, 3.8) is 0 Å². The summed E-state index contributed by atoms with van der Waals surface area (Å²) in [6.45, 7) is 9.15. The predicted molar refractivity (Wildman–Crippen MR) is 120 cm³/mol. The minimum absolute atomic E-state index is 0.105. The topological polar surface area (TPSA) is 82.8 Å². The van der Waals surface area contributed by atoms with Gasteiger partial charge in [-0.15, -0.1) is 0 Å². The van der Waals surface area contributed by atoms with Gasteiger partial charge in [-0.25, -0.2) is 0 Å². The molecule has 1 heterocycles. The normalized spacial score (nSPS) is 18.9. The van der Waals surface area contributed by atoms with Gasteiger partial charge >= 0.3 is 0 Å². The zero-order valence-electron chi connectivity index (χ0n) is 18.3. The number of carbonyl (C=O) groups is 1. The van der Waals surface area contributed by atoms with E-state index in [1.165, 1.54) is 24.0 Å². The number of rotatable bonds is 5. The van der Waals surface area contributed by atoms with Crippen molar-refractivity contribution in [3.8, 4) is 0 Å². The van der Waals surface area contributed by atoms with Gasteiger partial charge in [0.25, 0.3) is 0 Å². The first-order valence-electron chi connectivity index (χ1n) is 11.0. The minimum atomic E-state index is -0.174. The molecule has 1 saturated heterocycles. The maximum absolute atomic E-state index is 12.1. The Morgan fingerprint density at radius 3 is 2.66 bits per heavy atom. The number of nitrogens with zero attached hydrogens (tertiary/aromatic N) is 2. The van der Waals surface area contributed by atoms with Crippen LogP contribution in [-0.4, -0.2) is 48.5 Å². The molecule has 0 atom stereocenters. The number of benzene rings is 1. The second kappa shape index (κ2) is 9.61. The van der Waals surface area contributed by atoms with Crippen molar-refractivity contribution < 1.29 is 4.79 Å². The van der Waals surface area contributed by atoms with Gasteiger partial charge < -0.3 is 16.4 Å². The third-order valence-corrected chi connectivity index (χ3v) is 5.77. The van der Waals surface area contributed by atoms with Crippen LogP contribution in [0.3, 0.4) is 0 Å². The summed E-state index contributed by atoms with van der Waals surface area (Å²) in [5.41, 5.74) is 9.97. The second-order valence-corrected chi connectivity index (χ2v) is 9.52. The lowest BCUT2D eigenvalue weighted by atomic mass is 9.90. The van der Waals surface area contributed by atoms with Crippen molar-refractivity contribution >= 4 is 17.6 Å². The van der Waals surface area contributed by atoms with Gasteiger partial charge in [-0.05, 0) is 95.5 Å². The number of hydrogen-bond donors (Lipinski definition) is 3. The third kappa shape index (κ3) is 6.74. The van der Waals surface area contributed by atoms with Crippen molar-refractivity contribution in [2.24, 2.45) is 16.6 Å². The number of amides is 1. The molecular weight excluding hydrogens is 362 g/mol. The average Bonchev–Trinajstić information content (AvgIpc) is 2.66. The maximum Gasteiger partial charge on any atom is 0.234 e. The number of hydrogen-bond acceptors (Lipinski definition) is 3. The number of piperidine rings is 1. The highest BCUT2D eigenvalue weighted by molar-refractivity contribution is 5.93. The summed E-state index contributed by atoms with van der Waals surface area (Å²) in [6.07, 6.45) is 6.91. The fourth-order valence-corrected chi connectivity index (χ4v) is 4.29. The Bertz CT molecular complexity index is 729. The lowest BCUT2D eigenvalue weighted by Gasteiger charge is -2.31. The van der Waals surface area contributed by atoms with E-state index >= 15 is 0 Å². The minimum Gasteiger partial charge on any atom is -0.370 e. The smallest absolute Gasteiger partial charge is 0.234 e. The van der Waals surface area contributed by atoms with Crippen LogP contribution in [0.2, 0.25) is 0 Å². The van der Waals surface area contributed by atoms with E-state index in [1.807, 2.05) is 20.8 Å². The van der Waals surface area contributed by atoms with E-state index < -0.39 is 0 Å². The van der Waals surface area contributed by atoms with E-state index in [0.717, 1.165) is 51.0 Å². The molecule has 0 unspecified atom stereocenters. The highest BCUT2D eigenvalue weighted by Gasteiger charge is 2.22. The van der Waals surface area contributed by atoms with E-state index in [2.05, 4.69) is 38.7 Å². The average molecular weight is 400 g/mol. The summed E-state index contributed by atoms with van der Waals surface area (Å²) in [4.78, 5) is 18.9. The molecule has 1 aromatic carbocycles. The first-order chi connectivity index (χ1) is 13.8. The number of aliphatic imine (C=N–C) groups is 1. The van der Waals surface area contributed by atoms with Gasteiger partial charge in [-0.2, -0.15) is 0 Å². The third-order valence-electron chi connectivity index (χ3n) is 5.77. The van der Waals surface area contributed by atoms with E-state index in [0.29, 0.717) is 18.4 Å². The van der Waals surface area contributed by atoms with Crippen LogP contribution in [0.4, 0.5) is 5.69 Å². The van der Waals surface area contributed by atoms with Crippen LogP contribution >= 0.6 is 0 Å². The van der Waals surface area contributed by atoms with Crippen molar-refractivity contribution in [1.29, 1.82) is 0 Å². The number of nitrogens with two attached hydrogens (primary N) is 1. The Balaban J connectivity index is 1.44. The van der Waals surface area contributed by atoms with Crippen molar-refractivity contribution in [2.75, 3.05) is 31.5 Å². The van der Waals surface area contributed by atoms with E-state index in [1.54, 1.807) is 0 Å². The number of fused-ring (bicyclic) bond motifs is 1. The molecule has 0 bridgehead atoms. The molecule has 0 radical (unpaired) electrons. The molecule has 6 nitrogen and oxygen atoms in total. The van der Waals surface area contributed by atoms with Gasteiger partial charge in [-0.3, -0.25) is 14.7 Å². The van der Waals surface area contributed by atoms with Crippen LogP contribution in [-0.2, 0) is 17.6 Å². The first-order valence-corrected chi connectivity index (χ1v) is 11.0. The highest BCUT2D eigenvalue weighted by Crippen LogP contribution is 2.27. The second-order valence-electron chi connectivity index (χ2n) is 9.52. The van der Waals surface area contributed by atoms with Crippen LogP contribution in [0, 0.1) is 5.92 Å². The van der Waals surface area contributed by atoms with Gasteiger partial charge in [-0.1, -0.05) is 12.1 Å². The number of nitrogens with one attached hydrogen (secondary N) is 2. The van der Waals surface area contributed by atoms with Crippen LogP contribution in [0.25, 0.3) is 0 Å². The van der Waals surface area contributed by atoms with Crippen molar-refractivity contribution in [3.05, 3.63) is 29.3 Å². The first kappa shape index (κ1) is 21.6. The number of aryl methyl sites for hydroxylation is 1. The van der Waals surface area contributed by atoms with Gasteiger partial charge in [0.1, 0.15) is 0 Å². The molecule has 0 aromatic heterocycles. The van der Waals surface area contributed by atoms with Crippen LogP contribution in [0.5, 0.6) is 0 Å². The number of anilines is 1. The van der Waals surface area contributed by atoms with Crippen LogP contribution in [0.1, 0.15) is 57.6 Å². The molecule has 160 valence electrons. The molecule has 2 aliphatic rings. The Kier molecular flexibility index (Phi) is 7.17. The Morgan fingerprint density at radius 2 is 1.93 bits per heavy atom. The predicted octanol–water partition coefficient (Wildman–Crippen LogP) is 2.92. The van der Waals surface area contributed by atoms with Crippen LogP contribution < -0.4 is 16.4 Å². The van der Waals surface area contributed by atoms with Crippen molar-refractivity contribution in [2.45, 2.75) is 64.8 Å². The molecular formula is C23H37N5O. The quantitative estimate of drug-likeness (QED) is 0.525.